The molecule has 0 aromatic heterocycles. The molecule has 0 radical (unpaired) electrons. The maximum atomic E-state index is 10.4. The van der Waals surface area contributed by atoms with Gasteiger partial charge in [-0.3, -0.25) is 4.79 Å². The van der Waals surface area contributed by atoms with Crippen molar-refractivity contribution in [1.29, 1.82) is 0 Å². The van der Waals surface area contributed by atoms with Gasteiger partial charge < -0.3 is 10.2 Å². The Kier molecular flexibility index (Phi) is 4.81. The normalized spacial score (nSPS) is 34.5. The minimum absolute atomic E-state index is 0.262. The predicted molar refractivity (Wildman–Crippen MR) is 70.1 cm³/mol. The molecule has 2 aliphatic rings. The second kappa shape index (κ2) is 6.37. The lowest BCUT2D eigenvalue weighted by atomic mass is 9.78. The summed E-state index contributed by atoms with van der Waals surface area (Å²) in [6.45, 7) is 0.346. The highest BCUT2D eigenvalue weighted by Crippen LogP contribution is 2.53. The number of hydrogen-bond acceptors (Lipinski definition) is 2. The van der Waals surface area contributed by atoms with Gasteiger partial charge in [-0.1, -0.05) is 12.2 Å². The largest absolute Gasteiger partial charge is 0.481 e. The van der Waals surface area contributed by atoms with Gasteiger partial charge in [-0.05, 0) is 62.2 Å². The fraction of sp³-hybridized carbons (Fsp3) is 0.800. The number of carboxylic acid groups (broad SMARTS) is 1. The van der Waals surface area contributed by atoms with Crippen molar-refractivity contribution in [2.75, 3.05) is 6.61 Å². The van der Waals surface area contributed by atoms with Crippen LogP contribution in [0.15, 0.2) is 12.2 Å². The van der Waals surface area contributed by atoms with Gasteiger partial charge in [0.2, 0.25) is 0 Å². The molecule has 2 N–H and O–H groups in total. The van der Waals surface area contributed by atoms with Gasteiger partial charge in [-0.25, -0.2) is 0 Å². The van der Waals surface area contributed by atoms with Crippen molar-refractivity contribution in [3.05, 3.63) is 12.2 Å². The standard InChI is InChI=1S/C15H24O3/c16-10-14-12-8-7-11(9-12)13(14)5-3-1-2-4-6-15(17)18/h1,3,11-14,16H,2,4-10H2,(H,17,18)/b3-1-/t11-,12+,13-,14+/m1/s1. The lowest BCUT2D eigenvalue weighted by Gasteiger charge is -2.28. The highest BCUT2D eigenvalue weighted by Gasteiger charge is 2.46. The van der Waals surface area contributed by atoms with Crippen LogP contribution in [-0.4, -0.2) is 22.8 Å². The van der Waals surface area contributed by atoms with Gasteiger partial charge in [0.05, 0.1) is 0 Å². The topological polar surface area (TPSA) is 57.5 Å². The minimum atomic E-state index is -0.711. The number of fused-ring (bicyclic) bond motifs is 2. The summed E-state index contributed by atoms with van der Waals surface area (Å²) in [7, 11) is 0. The van der Waals surface area contributed by atoms with Crippen LogP contribution in [0.2, 0.25) is 0 Å². The molecule has 4 atom stereocenters. The fourth-order valence-electron chi connectivity index (χ4n) is 3.92. The van der Waals surface area contributed by atoms with Crippen LogP contribution in [0.4, 0.5) is 0 Å². The van der Waals surface area contributed by atoms with Crippen LogP contribution in [0.5, 0.6) is 0 Å². The summed E-state index contributed by atoms with van der Waals surface area (Å²) < 4.78 is 0. The van der Waals surface area contributed by atoms with Gasteiger partial charge in [-0.2, -0.15) is 0 Å². The molecule has 0 spiro atoms. The molecule has 2 aliphatic carbocycles. The SMILES string of the molecule is O=C(O)CCC/C=C\C[C@@H]1[C@@H]2CC[C@@H](C2)[C@@H]1CO. The number of carbonyl (C=O) groups is 1. The number of allylic oxidation sites excluding steroid dienone is 2. The quantitative estimate of drug-likeness (QED) is 0.541. The fourth-order valence-corrected chi connectivity index (χ4v) is 3.92. The van der Waals surface area contributed by atoms with E-state index >= 15 is 0 Å². The second-order valence-corrected chi connectivity index (χ2v) is 5.84. The first kappa shape index (κ1) is 13.6. The van der Waals surface area contributed by atoms with Crippen LogP contribution >= 0.6 is 0 Å². The van der Waals surface area contributed by atoms with E-state index in [0.717, 1.165) is 31.1 Å². The number of hydrogen-bond donors (Lipinski definition) is 2. The molecule has 0 aliphatic heterocycles. The number of carboxylic acids is 1. The third-order valence-electron chi connectivity index (χ3n) is 4.82. The molecule has 18 heavy (non-hydrogen) atoms. The highest BCUT2D eigenvalue weighted by molar-refractivity contribution is 5.66. The zero-order chi connectivity index (χ0) is 13.0. The summed E-state index contributed by atoms with van der Waals surface area (Å²) >= 11 is 0. The van der Waals surface area contributed by atoms with Crippen LogP contribution in [-0.2, 0) is 4.79 Å². The predicted octanol–water partition coefficient (Wildman–Crippen LogP) is 2.84. The molecular formula is C15H24O3. The molecule has 0 unspecified atom stereocenters. The van der Waals surface area contributed by atoms with E-state index < -0.39 is 5.97 Å². The van der Waals surface area contributed by atoms with E-state index in [1.165, 1.54) is 19.3 Å². The Labute approximate surface area is 109 Å². The lowest BCUT2D eigenvalue weighted by Crippen LogP contribution is -2.24. The van der Waals surface area contributed by atoms with Crippen molar-refractivity contribution in [1.82, 2.24) is 0 Å². The first-order valence-electron chi connectivity index (χ1n) is 7.20. The van der Waals surface area contributed by atoms with Crippen LogP contribution in [0.3, 0.4) is 0 Å². The molecule has 2 saturated carbocycles. The van der Waals surface area contributed by atoms with E-state index in [0.29, 0.717) is 18.4 Å². The van der Waals surface area contributed by atoms with Gasteiger partial charge in [-0.15, -0.1) is 0 Å². The Bertz CT molecular complexity index is 311. The third-order valence-corrected chi connectivity index (χ3v) is 4.82. The van der Waals surface area contributed by atoms with Gasteiger partial charge in [0.25, 0.3) is 0 Å². The van der Waals surface area contributed by atoms with Crippen molar-refractivity contribution in [2.45, 2.75) is 44.9 Å². The van der Waals surface area contributed by atoms with Crippen molar-refractivity contribution < 1.29 is 15.0 Å². The number of rotatable bonds is 7. The molecule has 0 saturated heterocycles. The number of unbranched alkanes of at least 4 members (excludes halogenated alkanes) is 1. The molecule has 0 aromatic rings. The van der Waals surface area contributed by atoms with Gasteiger partial charge in [0.1, 0.15) is 0 Å². The Morgan fingerprint density at radius 2 is 1.89 bits per heavy atom. The van der Waals surface area contributed by atoms with E-state index in [-0.39, 0.29) is 6.42 Å². The van der Waals surface area contributed by atoms with Crippen molar-refractivity contribution in [2.24, 2.45) is 23.7 Å². The molecule has 0 amide bonds. The summed E-state index contributed by atoms with van der Waals surface area (Å²) in [6.07, 6.45) is 11.2. The van der Waals surface area contributed by atoms with Crippen LogP contribution in [0.25, 0.3) is 0 Å². The summed E-state index contributed by atoms with van der Waals surface area (Å²) in [4.78, 5) is 10.4. The first-order valence-corrected chi connectivity index (χ1v) is 7.20. The van der Waals surface area contributed by atoms with E-state index in [1.54, 1.807) is 0 Å². The monoisotopic (exact) mass is 252 g/mol. The average molecular weight is 252 g/mol. The van der Waals surface area contributed by atoms with E-state index in [4.69, 9.17) is 5.11 Å². The smallest absolute Gasteiger partial charge is 0.303 e. The molecule has 0 aromatic carbocycles. The zero-order valence-electron chi connectivity index (χ0n) is 10.9. The number of aliphatic hydroxyl groups excluding tert-OH is 1. The van der Waals surface area contributed by atoms with Crippen molar-refractivity contribution in [3.8, 4) is 0 Å². The maximum Gasteiger partial charge on any atom is 0.303 e. The van der Waals surface area contributed by atoms with Crippen LogP contribution in [0.1, 0.15) is 44.9 Å². The molecule has 3 heteroatoms. The Morgan fingerprint density at radius 3 is 2.56 bits per heavy atom. The molecule has 2 rings (SSSR count). The average Bonchev–Trinajstić information content (AvgIpc) is 2.93. The van der Waals surface area contributed by atoms with Gasteiger partial charge >= 0.3 is 5.97 Å². The molecule has 2 fully saturated rings. The van der Waals surface area contributed by atoms with Crippen LogP contribution in [0, 0.1) is 23.7 Å². The second-order valence-electron chi connectivity index (χ2n) is 5.84. The Hall–Kier alpha value is -0.830. The van der Waals surface area contributed by atoms with E-state index in [2.05, 4.69) is 12.2 Å². The third kappa shape index (κ3) is 3.14. The van der Waals surface area contributed by atoms with Crippen molar-refractivity contribution >= 4 is 5.97 Å². The Morgan fingerprint density at radius 1 is 1.17 bits per heavy atom. The summed E-state index contributed by atoms with van der Waals surface area (Å²) in [5.74, 6) is 2.08. The highest BCUT2D eigenvalue weighted by atomic mass is 16.4. The molecule has 2 bridgehead atoms. The molecule has 0 heterocycles. The molecule has 102 valence electrons. The van der Waals surface area contributed by atoms with E-state index in [1.807, 2.05) is 0 Å². The van der Waals surface area contributed by atoms with Crippen molar-refractivity contribution in [3.63, 3.8) is 0 Å². The Balaban J connectivity index is 1.69. The van der Waals surface area contributed by atoms with Gasteiger partial charge in [0, 0.05) is 13.0 Å². The summed E-state index contributed by atoms with van der Waals surface area (Å²) in [6, 6.07) is 0. The maximum absolute atomic E-state index is 10.4. The molecule has 3 nitrogen and oxygen atoms in total. The number of aliphatic hydroxyl groups is 1. The van der Waals surface area contributed by atoms with Crippen LogP contribution < -0.4 is 0 Å². The lowest BCUT2D eigenvalue weighted by molar-refractivity contribution is -0.137. The number of aliphatic carboxylic acids is 1. The first-order chi connectivity index (χ1) is 8.72. The van der Waals surface area contributed by atoms with E-state index in [9.17, 15) is 9.90 Å². The van der Waals surface area contributed by atoms with Gasteiger partial charge in [0.15, 0.2) is 0 Å². The minimum Gasteiger partial charge on any atom is -0.481 e. The zero-order valence-corrected chi connectivity index (χ0v) is 10.9. The summed E-state index contributed by atoms with van der Waals surface area (Å²) in [5, 5.41) is 18.0. The molecular weight excluding hydrogens is 228 g/mol. The summed E-state index contributed by atoms with van der Waals surface area (Å²) in [5.41, 5.74) is 0.